The predicted molar refractivity (Wildman–Crippen MR) is 79.1 cm³/mol. The van der Waals surface area contributed by atoms with Gasteiger partial charge in [-0.15, -0.1) is 0 Å². The van der Waals surface area contributed by atoms with E-state index in [0.717, 1.165) is 12.1 Å². The Labute approximate surface area is 135 Å². The molecule has 0 saturated heterocycles. The van der Waals surface area contributed by atoms with Gasteiger partial charge in [0.05, 0.1) is 17.7 Å². The molecule has 122 valence electrons. The summed E-state index contributed by atoms with van der Waals surface area (Å²) in [4.78, 5) is 11.9. The summed E-state index contributed by atoms with van der Waals surface area (Å²) in [6.45, 7) is -0.477. The van der Waals surface area contributed by atoms with Crippen molar-refractivity contribution in [1.82, 2.24) is 5.32 Å². The van der Waals surface area contributed by atoms with Crippen molar-refractivity contribution in [3.8, 4) is 0 Å². The third-order valence-electron chi connectivity index (χ3n) is 3.16. The third-order valence-corrected chi connectivity index (χ3v) is 3.51. The van der Waals surface area contributed by atoms with Gasteiger partial charge >= 0.3 is 6.18 Å². The van der Waals surface area contributed by atoms with Crippen LogP contribution in [0.4, 0.5) is 17.6 Å². The van der Waals surface area contributed by atoms with Gasteiger partial charge in [0.25, 0.3) is 5.91 Å². The molecule has 0 aliphatic carbocycles. The molecular formula is C16H12ClF4NO. The fraction of sp³-hybridized carbons (Fsp3) is 0.188. The van der Waals surface area contributed by atoms with E-state index >= 15 is 0 Å². The maximum Gasteiger partial charge on any atom is 0.417 e. The molecule has 0 spiro atoms. The first-order chi connectivity index (χ1) is 10.8. The normalized spacial score (nSPS) is 12.7. The van der Waals surface area contributed by atoms with Gasteiger partial charge in [-0.05, 0) is 18.2 Å². The smallest absolute Gasteiger partial charge is 0.349 e. The molecule has 0 heterocycles. The van der Waals surface area contributed by atoms with E-state index in [1.807, 2.05) is 0 Å². The summed E-state index contributed by atoms with van der Waals surface area (Å²) in [6.07, 6.45) is -6.28. The molecule has 7 heteroatoms. The van der Waals surface area contributed by atoms with Gasteiger partial charge in [-0.25, -0.2) is 4.39 Å². The first-order valence-corrected chi connectivity index (χ1v) is 7.01. The van der Waals surface area contributed by atoms with Crippen LogP contribution in [0.1, 0.15) is 27.7 Å². The van der Waals surface area contributed by atoms with E-state index in [0.29, 0.717) is 0 Å². The van der Waals surface area contributed by atoms with Crippen molar-refractivity contribution in [1.29, 1.82) is 0 Å². The summed E-state index contributed by atoms with van der Waals surface area (Å²) in [7, 11) is 0. The predicted octanol–water partition coefficient (Wildman–Crippen LogP) is 4.80. The van der Waals surface area contributed by atoms with Crippen molar-refractivity contribution >= 4 is 17.5 Å². The Balaban J connectivity index is 2.11. The van der Waals surface area contributed by atoms with Gasteiger partial charge in [-0.1, -0.05) is 41.9 Å². The molecule has 2 aromatic carbocycles. The number of benzene rings is 2. The quantitative estimate of drug-likeness (QED) is 0.792. The summed E-state index contributed by atoms with van der Waals surface area (Å²) in [5.41, 5.74) is -1.45. The number of hydrogen-bond donors (Lipinski definition) is 1. The first-order valence-electron chi connectivity index (χ1n) is 6.63. The van der Waals surface area contributed by atoms with E-state index in [1.54, 1.807) is 12.1 Å². The van der Waals surface area contributed by atoms with Crippen LogP contribution in [0.5, 0.6) is 0 Å². The summed E-state index contributed by atoms with van der Waals surface area (Å²) in [6, 6.07) is 10.5. The molecule has 1 unspecified atom stereocenters. The highest BCUT2D eigenvalue weighted by molar-refractivity contribution is 6.31. The lowest BCUT2D eigenvalue weighted by Gasteiger charge is -2.14. The Hall–Kier alpha value is -2.08. The van der Waals surface area contributed by atoms with Gasteiger partial charge in [-0.2, -0.15) is 13.2 Å². The average molecular weight is 346 g/mol. The van der Waals surface area contributed by atoms with Crippen LogP contribution in [-0.2, 0) is 6.18 Å². The summed E-state index contributed by atoms with van der Waals surface area (Å²) < 4.78 is 52.6. The molecule has 2 rings (SSSR count). The largest absolute Gasteiger partial charge is 0.417 e. The number of carbonyl (C=O) groups excluding carboxylic acids is 1. The van der Waals surface area contributed by atoms with Gasteiger partial charge in [-0.3, -0.25) is 4.79 Å². The molecule has 0 radical (unpaired) electrons. The van der Waals surface area contributed by atoms with E-state index in [9.17, 15) is 22.4 Å². The fourth-order valence-corrected chi connectivity index (χ4v) is 2.30. The van der Waals surface area contributed by atoms with E-state index in [4.69, 9.17) is 11.6 Å². The molecule has 0 aromatic heterocycles. The number of halogens is 5. The summed E-state index contributed by atoms with van der Waals surface area (Å²) >= 11 is 5.84. The molecule has 0 saturated carbocycles. The Morgan fingerprint density at radius 2 is 1.70 bits per heavy atom. The molecule has 0 fully saturated rings. The molecule has 1 amide bonds. The van der Waals surface area contributed by atoms with E-state index in [1.165, 1.54) is 24.3 Å². The highest BCUT2D eigenvalue weighted by Gasteiger charge is 2.34. The van der Waals surface area contributed by atoms with Crippen LogP contribution in [0.2, 0.25) is 5.02 Å². The number of amides is 1. The highest BCUT2D eigenvalue weighted by atomic mass is 35.5. The topological polar surface area (TPSA) is 29.1 Å². The minimum Gasteiger partial charge on any atom is -0.349 e. The molecule has 2 aromatic rings. The zero-order chi connectivity index (χ0) is 17.0. The summed E-state index contributed by atoms with van der Waals surface area (Å²) in [5.74, 6) is -0.993. The fourth-order valence-electron chi connectivity index (χ4n) is 2.04. The molecule has 23 heavy (non-hydrogen) atoms. The monoisotopic (exact) mass is 345 g/mol. The maximum atomic E-state index is 14.1. The molecule has 0 aliphatic rings. The Morgan fingerprint density at radius 3 is 2.35 bits per heavy atom. The van der Waals surface area contributed by atoms with Crippen LogP contribution in [-0.4, -0.2) is 12.5 Å². The van der Waals surface area contributed by atoms with Crippen molar-refractivity contribution in [2.75, 3.05) is 6.54 Å². The van der Waals surface area contributed by atoms with Crippen molar-refractivity contribution in [2.24, 2.45) is 0 Å². The zero-order valence-electron chi connectivity index (χ0n) is 11.7. The lowest BCUT2D eigenvalue weighted by molar-refractivity contribution is -0.137. The van der Waals surface area contributed by atoms with Crippen LogP contribution in [0.15, 0.2) is 48.5 Å². The highest BCUT2D eigenvalue weighted by Crippen LogP contribution is 2.32. The zero-order valence-corrected chi connectivity index (χ0v) is 12.5. The van der Waals surface area contributed by atoms with Crippen LogP contribution in [0, 0.1) is 0 Å². The van der Waals surface area contributed by atoms with E-state index in [-0.39, 0.29) is 10.6 Å². The van der Waals surface area contributed by atoms with Gasteiger partial charge in [0.15, 0.2) is 0 Å². The standard InChI is InChI=1S/C16H12ClF4NO/c17-13-8-4-2-6-11(13)14(18)9-22-15(23)10-5-1-3-7-12(10)16(19,20)21/h1-8,14H,9H2,(H,22,23). The third kappa shape index (κ3) is 4.22. The lowest BCUT2D eigenvalue weighted by Crippen LogP contribution is -2.29. The van der Waals surface area contributed by atoms with Crippen molar-refractivity contribution in [3.05, 3.63) is 70.2 Å². The molecule has 0 aliphatic heterocycles. The number of carbonyl (C=O) groups is 1. The van der Waals surface area contributed by atoms with E-state index in [2.05, 4.69) is 5.32 Å². The number of alkyl halides is 4. The van der Waals surface area contributed by atoms with E-state index < -0.39 is 35.9 Å². The van der Waals surface area contributed by atoms with Crippen LogP contribution < -0.4 is 5.32 Å². The molecule has 0 bridgehead atoms. The number of nitrogens with one attached hydrogen (secondary N) is 1. The van der Waals surface area contributed by atoms with Crippen LogP contribution >= 0.6 is 11.6 Å². The number of hydrogen-bond acceptors (Lipinski definition) is 1. The lowest BCUT2D eigenvalue weighted by atomic mass is 10.1. The molecule has 1 N–H and O–H groups in total. The van der Waals surface area contributed by atoms with Crippen molar-refractivity contribution < 1.29 is 22.4 Å². The van der Waals surface area contributed by atoms with Crippen molar-refractivity contribution in [3.63, 3.8) is 0 Å². The maximum absolute atomic E-state index is 14.1. The average Bonchev–Trinajstić information content (AvgIpc) is 2.52. The van der Waals surface area contributed by atoms with Gasteiger partial charge in [0.2, 0.25) is 0 Å². The van der Waals surface area contributed by atoms with Gasteiger partial charge in [0, 0.05) is 10.6 Å². The Bertz CT molecular complexity index is 702. The molecule has 1 atom stereocenters. The van der Waals surface area contributed by atoms with Gasteiger partial charge < -0.3 is 5.32 Å². The Morgan fingerprint density at radius 1 is 1.09 bits per heavy atom. The van der Waals surface area contributed by atoms with Crippen LogP contribution in [0.25, 0.3) is 0 Å². The minimum absolute atomic E-state index is 0.165. The molecular weight excluding hydrogens is 334 g/mol. The second-order valence-corrected chi connectivity index (χ2v) is 5.15. The summed E-state index contributed by atoms with van der Waals surface area (Å²) in [5, 5.41) is 2.35. The first kappa shape index (κ1) is 17.3. The second-order valence-electron chi connectivity index (χ2n) is 4.74. The Kier molecular flexibility index (Phi) is 5.26. The van der Waals surface area contributed by atoms with Crippen LogP contribution in [0.3, 0.4) is 0 Å². The van der Waals surface area contributed by atoms with Crippen molar-refractivity contribution in [2.45, 2.75) is 12.3 Å². The minimum atomic E-state index is -4.66. The van der Waals surface area contributed by atoms with Gasteiger partial charge in [0.1, 0.15) is 6.17 Å². The SMILES string of the molecule is O=C(NCC(F)c1ccccc1Cl)c1ccccc1C(F)(F)F. The second kappa shape index (κ2) is 7.00. The molecule has 2 nitrogen and oxygen atoms in total. The number of rotatable bonds is 4.